The molecule has 1 N–H and O–H groups in total. The molecule has 0 aromatic heterocycles. The largest absolute Gasteiger partial charge is 0.449 e. The summed E-state index contributed by atoms with van der Waals surface area (Å²) in [5, 5.41) is 1.16. The van der Waals surface area contributed by atoms with E-state index >= 15 is 0 Å². The number of fused-ring (bicyclic) bond motifs is 3. The number of hydrogen-bond acceptors (Lipinski definition) is 4. The Hall–Kier alpha value is -3.44. The third-order valence-corrected chi connectivity index (χ3v) is 6.24. The lowest BCUT2D eigenvalue weighted by Crippen LogP contribution is -2.47. The molecule has 0 fully saturated rings. The van der Waals surface area contributed by atoms with E-state index in [1.54, 1.807) is 0 Å². The molecular weight excluding hydrogens is 438 g/mol. The van der Waals surface area contributed by atoms with Gasteiger partial charge in [0.1, 0.15) is 6.58 Å². The number of carbonyl (C=O) groups excluding carboxylic acids is 3. The number of amides is 1. The molecule has 168 valence electrons. The third kappa shape index (κ3) is 4.99. The fourth-order valence-electron chi connectivity index (χ4n) is 4.10. The molecule has 3 atom stereocenters. The van der Waals surface area contributed by atoms with Gasteiger partial charge in [0.05, 0.1) is 7.41 Å². The van der Waals surface area contributed by atoms with Gasteiger partial charge in [0.2, 0.25) is 0 Å². The summed E-state index contributed by atoms with van der Waals surface area (Å²) in [7, 11) is 0. The molecule has 33 heavy (non-hydrogen) atoms. The van der Waals surface area contributed by atoms with Crippen LogP contribution in [0.4, 0.5) is 4.79 Å². The van der Waals surface area contributed by atoms with Gasteiger partial charge in [-0.15, -0.1) is 11.6 Å². The Bertz CT molecular complexity index is 1170. The van der Waals surface area contributed by atoms with Crippen LogP contribution in [0.15, 0.2) is 78.9 Å². The van der Waals surface area contributed by atoms with Crippen molar-refractivity contribution < 1.29 is 20.5 Å². The second kappa shape index (κ2) is 10.0. The zero-order valence-corrected chi connectivity index (χ0v) is 18.8. The number of alkyl carbamates (subject to hydrolysis) is 1. The van der Waals surface area contributed by atoms with Crippen LogP contribution in [0.1, 0.15) is 30.9 Å². The van der Waals surface area contributed by atoms with Crippen LogP contribution in [0.5, 0.6) is 0 Å². The van der Waals surface area contributed by atoms with Gasteiger partial charge in [-0.2, -0.15) is 0 Å². The zero-order valence-electron chi connectivity index (χ0n) is 19.0. The number of ketones is 2. The van der Waals surface area contributed by atoms with Gasteiger partial charge in [-0.25, -0.2) is 4.79 Å². The van der Waals surface area contributed by atoms with Crippen LogP contribution in [-0.4, -0.2) is 35.7 Å². The molecule has 0 radical (unpaired) electrons. The van der Waals surface area contributed by atoms with Crippen molar-refractivity contribution in [2.24, 2.45) is 0 Å². The second-order valence-corrected chi connectivity index (χ2v) is 8.39. The minimum absolute atomic E-state index is 0.142. The first kappa shape index (κ1) is 21.4. The number of carbonyl (C=O) groups is 3. The van der Waals surface area contributed by atoms with Crippen molar-refractivity contribution in [1.29, 1.82) is 0 Å². The van der Waals surface area contributed by atoms with Crippen LogP contribution < -0.4 is 5.32 Å². The molecule has 2 unspecified atom stereocenters. The van der Waals surface area contributed by atoms with Gasteiger partial charge in [-0.05, 0) is 41.2 Å². The normalized spacial score (nSPS) is 15.4. The van der Waals surface area contributed by atoms with Crippen molar-refractivity contribution in [2.45, 2.75) is 30.7 Å². The van der Waals surface area contributed by atoms with Crippen molar-refractivity contribution >= 4 is 29.3 Å². The minimum atomic E-state index is -1.38. The number of alkyl halides is 1. The highest BCUT2D eigenvalue weighted by Gasteiger charge is 2.32. The van der Waals surface area contributed by atoms with Crippen LogP contribution >= 0.6 is 11.6 Å². The summed E-state index contributed by atoms with van der Waals surface area (Å²) < 4.78 is 14.1. The number of halogens is 1. The number of nitrogens with one attached hydrogen (secondary N) is 1. The number of ether oxygens (including phenoxy) is 1. The van der Waals surface area contributed by atoms with E-state index in [0.717, 1.165) is 27.8 Å². The van der Waals surface area contributed by atoms with Crippen LogP contribution in [0.2, 0.25) is 0 Å². The molecule has 5 nitrogen and oxygen atoms in total. The average Bonchev–Trinajstić information content (AvgIpc) is 3.18. The van der Waals surface area contributed by atoms with E-state index in [2.05, 4.69) is 5.32 Å². The fourth-order valence-corrected chi connectivity index (χ4v) is 4.25. The predicted molar refractivity (Wildman–Crippen MR) is 127 cm³/mol. The Balaban J connectivity index is 1.52. The van der Waals surface area contributed by atoms with E-state index < -0.39 is 41.6 Å². The molecule has 1 aliphatic carbocycles. The molecule has 0 spiro atoms. The number of hydrogen-bond donors (Lipinski definition) is 1. The minimum Gasteiger partial charge on any atom is -0.449 e. The molecule has 6 heteroatoms. The van der Waals surface area contributed by atoms with Gasteiger partial charge in [0, 0.05) is 5.92 Å². The Morgan fingerprint density at radius 3 is 2.06 bits per heavy atom. The van der Waals surface area contributed by atoms with Gasteiger partial charge >= 0.3 is 6.09 Å². The summed E-state index contributed by atoms with van der Waals surface area (Å²) >= 11 is 6.00. The summed E-state index contributed by atoms with van der Waals surface area (Å²) in [6.07, 6.45) is -0.771. The lowest BCUT2D eigenvalue weighted by atomic mass is 9.98. The van der Waals surface area contributed by atoms with Gasteiger partial charge < -0.3 is 10.1 Å². The Morgan fingerprint density at radius 2 is 1.48 bits per heavy atom. The summed E-state index contributed by atoms with van der Waals surface area (Å²) in [6, 6.07) is 23.5. The highest BCUT2D eigenvalue weighted by atomic mass is 35.5. The Labute approximate surface area is 199 Å². The van der Waals surface area contributed by atoms with Crippen LogP contribution in [0, 0.1) is 0 Å². The molecular formula is C27H24ClNO4. The molecule has 1 aliphatic rings. The first-order valence-electron chi connectivity index (χ1n) is 11.2. The highest BCUT2D eigenvalue weighted by Crippen LogP contribution is 2.44. The highest BCUT2D eigenvalue weighted by molar-refractivity contribution is 6.42. The molecule has 0 bridgehead atoms. The lowest BCUT2D eigenvalue weighted by Gasteiger charge is -2.20. The first-order valence-corrected chi connectivity index (χ1v) is 11.1. The maximum absolute atomic E-state index is 12.8. The molecule has 0 saturated heterocycles. The number of benzene rings is 3. The van der Waals surface area contributed by atoms with Crippen molar-refractivity contribution in [3.8, 4) is 11.1 Å². The predicted octanol–water partition coefficient (Wildman–Crippen LogP) is 4.90. The number of rotatable bonds is 8. The zero-order chi connectivity index (χ0) is 24.2. The maximum atomic E-state index is 12.8. The van der Waals surface area contributed by atoms with E-state index in [-0.39, 0.29) is 6.42 Å². The molecule has 4 rings (SSSR count). The molecule has 1 amide bonds. The lowest BCUT2D eigenvalue weighted by molar-refractivity contribution is -0.126. The molecule has 0 aliphatic heterocycles. The summed E-state index contributed by atoms with van der Waals surface area (Å²) in [6.45, 7) is -0.0145. The second-order valence-electron chi connectivity index (χ2n) is 7.96. The standard InChI is InChI=1S/C27H24ClNO4/c1-17(30)25(28)26(31)24(15-18-9-3-2-4-10-18)29-27(32)33-16-23-21-13-7-5-11-19(21)20-12-6-8-14-22(20)23/h2-14,23-25H,15-16H2,1H3,(H,29,32)/t24-,25?/m0/s1/i16D/t16?,24-,25?. The summed E-state index contributed by atoms with van der Waals surface area (Å²) in [5.74, 6) is -1.58. The monoisotopic (exact) mass is 462 g/mol. The van der Waals surface area contributed by atoms with E-state index in [9.17, 15) is 14.4 Å². The van der Waals surface area contributed by atoms with Gasteiger partial charge in [-0.3, -0.25) is 9.59 Å². The number of Topliss-reactive ketones (excluding diaryl/α,β-unsaturated/α-hetero) is 2. The Kier molecular flexibility index (Phi) is 6.49. The van der Waals surface area contributed by atoms with E-state index in [1.165, 1.54) is 6.92 Å². The van der Waals surface area contributed by atoms with Gasteiger partial charge in [-0.1, -0.05) is 78.9 Å². The van der Waals surface area contributed by atoms with Crippen molar-refractivity contribution in [3.63, 3.8) is 0 Å². The van der Waals surface area contributed by atoms with Gasteiger partial charge in [0.15, 0.2) is 16.9 Å². The summed E-state index contributed by atoms with van der Waals surface area (Å²) in [4.78, 5) is 37.3. The average molecular weight is 463 g/mol. The van der Waals surface area contributed by atoms with Crippen molar-refractivity contribution in [1.82, 2.24) is 5.32 Å². The Morgan fingerprint density at radius 1 is 0.939 bits per heavy atom. The molecule has 3 aromatic carbocycles. The smallest absolute Gasteiger partial charge is 0.407 e. The van der Waals surface area contributed by atoms with Crippen LogP contribution in [-0.2, 0) is 20.7 Å². The maximum Gasteiger partial charge on any atom is 0.407 e. The summed E-state index contributed by atoms with van der Waals surface area (Å²) in [5.41, 5.74) is 4.62. The van der Waals surface area contributed by atoms with Crippen LogP contribution in [0.25, 0.3) is 11.1 Å². The van der Waals surface area contributed by atoms with E-state index in [1.807, 2.05) is 78.9 Å². The van der Waals surface area contributed by atoms with Gasteiger partial charge in [0.25, 0.3) is 0 Å². The third-order valence-electron chi connectivity index (χ3n) is 5.72. The van der Waals surface area contributed by atoms with Crippen molar-refractivity contribution in [3.05, 3.63) is 95.6 Å². The molecule has 0 saturated carbocycles. The molecule has 0 heterocycles. The first-order chi connectivity index (χ1) is 16.4. The van der Waals surface area contributed by atoms with E-state index in [4.69, 9.17) is 17.7 Å². The topological polar surface area (TPSA) is 72.5 Å². The van der Waals surface area contributed by atoms with Crippen LogP contribution in [0.3, 0.4) is 0 Å². The fraction of sp³-hybridized carbons (Fsp3) is 0.222. The SMILES string of the molecule is [2H]C(OC(=O)N[C@@H](Cc1ccccc1)C(=O)C(Cl)C(C)=O)C1c2ccccc2-c2ccccc21. The quantitative estimate of drug-likeness (QED) is 0.381. The van der Waals surface area contributed by atoms with E-state index in [0.29, 0.717) is 0 Å². The van der Waals surface area contributed by atoms with Crippen molar-refractivity contribution in [2.75, 3.05) is 6.58 Å². The molecule has 3 aromatic rings.